The molecule has 21 heavy (non-hydrogen) atoms. The van der Waals surface area contributed by atoms with Crippen molar-refractivity contribution in [1.29, 1.82) is 0 Å². The highest BCUT2D eigenvalue weighted by Gasteiger charge is 2.35. The highest BCUT2D eigenvalue weighted by atomic mass is 19.4. The summed E-state index contributed by atoms with van der Waals surface area (Å²) in [7, 11) is 3.81. The standard InChI is InChI=1S/C13H22F3N5/c1-9(2)8-21(6-5-20(3)4)11-7-10(17)18-12(19-11)13(14,15)16/h7,9H,5-6,8H2,1-4H3,(H2,17,18,19). The number of anilines is 2. The molecule has 8 heteroatoms. The number of aromatic nitrogens is 2. The Bertz CT molecular complexity index is 460. The van der Waals surface area contributed by atoms with Gasteiger partial charge in [0.15, 0.2) is 0 Å². The van der Waals surface area contributed by atoms with Gasteiger partial charge in [-0.05, 0) is 20.0 Å². The third kappa shape index (κ3) is 5.74. The fraction of sp³-hybridized carbons (Fsp3) is 0.692. The van der Waals surface area contributed by atoms with Crippen LogP contribution in [0.3, 0.4) is 0 Å². The van der Waals surface area contributed by atoms with Crippen molar-refractivity contribution >= 4 is 11.6 Å². The van der Waals surface area contributed by atoms with Gasteiger partial charge in [0.2, 0.25) is 5.82 Å². The van der Waals surface area contributed by atoms with Gasteiger partial charge in [0.25, 0.3) is 0 Å². The summed E-state index contributed by atoms with van der Waals surface area (Å²) in [4.78, 5) is 10.7. The van der Waals surface area contributed by atoms with Crippen molar-refractivity contribution in [1.82, 2.24) is 14.9 Å². The smallest absolute Gasteiger partial charge is 0.384 e. The lowest BCUT2D eigenvalue weighted by atomic mass is 10.2. The van der Waals surface area contributed by atoms with Gasteiger partial charge in [-0.1, -0.05) is 13.8 Å². The summed E-state index contributed by atoms with van der Waals surface area (Å²) in [6, 6.07) is 1.38. The van der Waals surface area contributed by atoms with E-state index in [0.717, 1.165) is 0 Å². The Labute approximate surface area is 123 Å². The van der Waals surface area contributed by atoms with E-state index in [-0.39, 0.29) is 17.6 Å². The minimum atomic E-state index is -4.60. The van der Waals surface area contributed by atoms with Crippen molar-refractivity contribution in [3.8, 4) is 0 Å². The SMILES string of the molecule is CC(C)CN(CCN(C)C)c1cc(N)nc(C(F)(F)F)n1. The number of likely N-dealkylation sites (N-methyl/N-ethyl adjacent to an activating group) is 1. The molecule has 0 saturated heterocycles. The maximum atomic E-state index is 12.8. The first-order chi connectivity index (χ1) is 9.59. The van der Waals surface area contributed by atoms with Gasteiger partial charge in [-0.3, -0.25) is 0 Å². The van der Waals surface area contributed by atoms with Gasteiger partial charge >= 0.3 is 6.18 Å². The topological polar surface area (TPSA) is 58.3 Å². The molecule has 0 aliphatic carbocycles. The molecule has 0 aliphatic rings. The molecule has 1 aromatic heterocycles. The predicted octanol–water partition coefficient (Wildman–Crippen LogP) is 2.10. The van der Waals surface area contributed by atoms with Crippen LogP contribution in [0, 0.1) is 5.92 Å². The average molecular weight is 305 g/mol. The summed E-state index contributed by atoms with van der Waals surface area (Å²) in [5.41, 5.74) is 5.49. The molecule has 0 bridgehead atoms. The summed E-state index contributed by atoms with van der Waals surface area (Å²) in [5.74, 6) is -0.870. The Balaban J connectivity index is 3.08. The van der Waals surface area contributed by atoms with Gasteiger partial charge in [-0.2, -0.15) is 13.2 Å². The number of nitrogens with zero attached hydrogens (tertiary/aromatic N) is 4. The van der Waals surface area contributed by atoms with E-state index in [0.29, 0.717) is 19.6 Å². The van der Waals surface area contributed by atoms with Crippen LogP contribution in [0.2, 0.25) is 0 Å². The molecule has 1 aromatic rings. The third-order valence-corrected chi connectivity index (χ3v) is 2.71. The molecule has 0 unspecified atom stereocenters. The summed E-state index contributed by atoms with van der Waals surface area (Å²) in [6.07, 6.45) is -4.60. The molecule has 0 aromatic carbocycles. The van der Waals surface area contributed by atoms with E-state index in [9.17, 15) is 13.2 Å². The van der Waals surface area contributed by atoms with Crippen LogP contribution in [0.4, 0.5) is 24.8 Å². The van der Waals surface area contributed by atoms with Crippen LogP contribution in [-0.2, 0) is 6.18 Å². The van der Waals surface area contributed by atoms with E-state index in [4.69, 9.17) is 5.73 Å². The molecule has 0 atom stereocenters. The van der Waals surface area contributed by atoms with Gasteiger partial charge in [0, 0.05) is 25.7 Å². The summed E-state index contributed by atoms with van der Waals surface area (Å²) >= 11 is 0. The molecule has 120 valence electrons. The van der Waals surface area contributed by atoms with Crippen molar-refractivity contribution in [2.24, 2.45) is 5.92 Å². The van der Waals surface area contributed by atoms with Crippen LogP contribution < -0.4 is 10.6 Å². The normalized spacial score (nSPS) is 12.2. The molecular weight excluding hydrogens is 283 g/mol. The molecule has 0 spiro atoms. The first-order valence-electron chi connectivity index (χ1n) is 6.71. The fourth-order valence-electron chi connectivity index (χ4n) is 1.80. The largest absolute Gasteiger partial charge is 0.451 e. The Morgan fingerprint density at radius 1 is 1.19 bits per heavy atom. The van der Waals surface area contributed by atoms with E-state index in [1.165, 1.54) is 6.07 Å². The number of rotatable bonds is 6. The maximum absolute atomic E-state index is 12.8. The molecule has 1 rings (SSSR count). The van der Waals surface area contributed by atoms with Crippen LogP contribution in [0.15, 0.2) is 6.07 Å². The van der Waals surface area contributed by atoms with E-state index >= 15 is 0 Å². The number of alkyl halides is 3. The molecule has 0 saturated carbocycles. The number of hydrogen-bond acceptors (Lipinski definition) is 5. The van der Waals surface area contributed by atoms with Gasteiger partial charge in [0.1, 0.15) is 11.6 Å². The van der Waals surface area contributed by atoms with Crippen molar-refractivity contribution in [3.05, 3.63) is 11.9 Å². The van der Waals surface area contributed by atoms with Crippen molar-refractivity contribution < 1.29 is 13.2 Å². The second-order valence-corrected chi connectivity index (χ2v) is 5.62. The Morgan fingerprint density at radius 3 is 2.29 bits per heavy atom. The highest BCUT2D eigenvalue weighted by Crippen LogP contribution is 2.28. The molecule has 0 fully saturated rings. The molecule has 2 N–H and O–H groups in total. The fourth-order valence-corrected chi connectivity index (χ4v) is 1.80. The maximum Gasteiger partial charge on any atom is 0.451 e. The summed E-state index contributed by atoms with van der Waals surface area (Å²) in [5, 5.41) is 0. The zero-order valence-corrected chi connectivity index (χ0v) is 12.8. The monoisotopic (exact) mass is 305 g/mol. The minimum absolute atomic E-state index is 0.175. The van der Waals surface area contributed by atoms with E-state index < -0.39 is 12.0 Å². The molecule has 0 radical (unpaired) electrons. The average Bonchev–Trinajstić information content (AvgIpc) is 2.32. The minimum Gasteiger partial charge on any atom is -0.384 e. The van der Waals surface area contributed by atoms with Crippen molar-refractivity contribution in [3.63, 3.8) is 0 Å². The lowest BCUT2D eigenvalue weighted by Crippen LogP contribution is -2.35. The quantitative estimate of drug-likeness (QED) is 0.872. The Hall–Kier alpha value is -1.57. The predicted molar refractivity (Wildman–Crippen MR) is 77.1 cm³/mol. The molecule has 0 amide bonds. The molecule has 5 nitrogen and oxygen atoms in total. The van der Waals surface area contributed by atoms with Crippen molar-refractivity contribution in [2.75, 3.05) is 44.4 Å². The van der Waals surface area contributed by atoms with E-state index in [2.05, 4.69) is 9.97 Å². The summed E-state index contributed by atoms with van der Waals surface area (Å²) in [6.45, 7) is 5.87. The Kier molecular flexibility index (Phi) is 5.77. The van der Waals surface area contributed by atoms with Crippen LogP contribution in [0.25, 0.3) is 0 Å². The van der Waals surface area contributed by atoms with Gasteiger partial charge in [0.05, 0.1) is 0 Å². The molecule has 0 aliphatic heterocycles. The van der Waals surface area contributed by atoms with Crippen LogP contribution in [0.5, 0.6) is 0 Å². The molecular formula is C13H22F3N5. The first-order valence-corrected chi connectivity index (χ1v) is 6.71. The Morgan fingerprint density at radius 2 is 1.81 bits per heavy atom. The number of nitrogens with two attached hydrogens (primary N) is 1. The van der Waals surface area contributed by atoms with Gasteiger partial charge in [-0.25, -0.2) is 9.97 Å². The zero-order chi connectivity index (χ0) is 16.2. The van der Waals surface area contributed by atoms with Crippen LogP contribution >= 0.6 is 0 Å². The van der Waals surface area contributed by atoms with Crippen LogP contribution in [0.1, 0.15) is 19.7 Å². The third-order valence-electron chi connectivity index (χ3n) is 2.71. The van der Waals surface area contributed by atoms with Crippen LogP contribution in [-0.4, -0.2) is 48.6 Å². The lowest BCUT2D eigenvalue weighted by molar-refractivity contribution is -0.144. The zero-order valence-electron chi connectivity index (χ0n) is 12.8. The summed E-state index contributed by atoms with van der Waals surface area (Å²) < 4.78 is 38.3. The van der Waals surface area contributed by atoms with Crippen molar-refractivity contribution in [2.45, 2.75) is 20.0 Å². The number of halogens is 3. The van der Waals surface area contributed by atoms with E-state index in [1.807, 2.05) is 32.8 Å². The van der Waals surface area contributed by atoms with Gasteiger partial charge < -0.3 is 15.5 Å². The lowest BCUT2D eigenvalue weighted by Gasteiger charge is -2.27. The first kappa shape index (κ1) is 17.5. The molecule has 1 heterocycles. The second kappa shape index (κ2) is 6.93. The number of nitrogen functional groups attached to an aromatic ring is 1. The van der Waals surface area contributed by atoms with Gasteiger partial charge in [-0.15, -0.1) is 0 Å². The number of hydrogen-bond donors (Lipinski definition) is 1. The highest BCUT2D eigenvalue weighted by molar-refractivity contribution is 5.47. The van der Waals surface area contributed by atoms with E-state index in [1.54, 1.807) is 4.90 Å². The second-order valence-electron chi connectivity index (χ2n) is 5.62.